The van der Waals surface area contributed by atoms with Gasteiger partial charge in [-0.1, -0.05) is 48.6 Å². The van der Waals surface area contributed by atoms with Crippen LogP contribution in [0.3, 0.4) is 0 Å². The molecule has 0 amide bonds. The van der Waals surface area contributed by atoms with Gasteiger partial charge in [0.05, 0.1) is 5.56 Å². The molecule has 0 bridgehead atoms. The Bertz CT molecular complexity index is 1770. The Labute approximate surface area is 247 Å². The maximum atomic E-state index is 14.0. The molecule has 6 rings (SSSR count). The number of nitrogens with two attached hydrogens (primary N) is 1. The van der Waals surface area contributed by atoms with E-state index in [1.54, 1.807) is 0 Å². The molecule has 2 aliphatic rings. The molecule has 3 N–H and O–H groups in total. The number of aromatic nitrogens is 1. The van der Waals surface area contributed by atoms with Crippen molar-refractivity contribution in [3.8, 4) is 0 Å². The minimum atomic E-state index is -1.22. The van der Waals surface area contributed by atoms with Crippen LogP contribution in [0, 0.1) is 6.92 Å². The molecule has 1 unspecified atom stereocenters. The molecule has 0 fully saturated rings. The molecular weight excluding hydrogens is 520 g/mol. The highest BCUT2D eigenvalue weighted by molar-refractivity contribution is 6.01. The molecule has 0 radical (unpaired) electrons. The van der Waals surface area contributed by atoms with Crippen LogP contribution >= 0.6 is 0 Å². The van der Waals surface area contributed by atoms with Gasteiger partial charge in [0.2, 0.25) is 0 Å². The first-order chi connectivity index (χ1) is 20.5. The molecule has 3 aromatic carbocycles. The lowest BCUT2D eigenvalue weighted by Crippen LogP contribution is -2.34. The fourth-order valence-electron chi connectivity index (χ4n) is 6.86. The molecule has 0 saturated carbocycles. The van der Waals surface area contributed by atoms with Crippen LogP contribution in [0.1, 0.15) is 64.6 Å². The first kappa shape index (κ1) is 27.6. The highest BCUT2D eigenvalue weighted by Crippen LogP contribution is 2.54. The summed E-state index contributed by atoms with van der Waals surface area (Å²) in [4.78, 5) is 16.3. The van der Waals surface area contributed by atoms with Crippen molar-refractivity contribution >= 4 is 28.3 Å². The summed E-state index contributed by atoms with van der Waals surface area (Å²) in [6.45, 7) is 11.5. The smallest absolute Gasteiger partial charge is 0.340 e. The number of hydrogen-bond acceptors (Lipinski definition) is 5. The van der Waals surface area contributed by atoms with Crippen LogP contribution in [0.15, 0.2) is 91.2 Å². The lowest BCUT2D eigenvalue weighted by molar-refractivity contribution is 0.0251. The Balaban J connectivity index is 1.77. The van der Waals surface area contributed by atoms with E-state index >= 15 is 0 Å². The number of rotatable bonds is 8. The number of hydrogen-bond donors (Lipinski definition) is 2. The second-order valence-corrected chi connectivity index (χ2v) is 10.7. The molecule has 214 valence electrons. The van der Waals surface area contributed by atoms with Crippen LogP contribution in [-0.2, 0) is 23.4 Å². The predicted molar refractivity (Wildman–Crippen MR) is 171 cm³/mol. The third kappa shape index (κ3) is 4.09. The van der Waals surface area contributed by atoms with Gasteiger partial charge < -0.3 is 25.3 Å². The van der Waals surface area contributed by atoms with Gasteiger partial charge in [0.25, 0.3) is 0 Å². The summed E-state index contributed by atoms with van der Waals surface area (Å²) in [5.41, 5.74) is 14.6. The van der Waals surface area contributed by atoms with Gasteiger partial charge in [-0.3, -0.25) is 0 Å². The van der Waals surface area contributed by atoms with Crippen LogP contribution in [-0.4, -0.2) is 23.6 Å². The van der Waals surface area contributed by atoms with E-state index in [-0.39, 0.29) is 5.97 Å². The van der Waals surface area contributed by atoms with Crippen LogP contribution in [0.25, 0.3) is 16.6 Å². The zero-order valence-electron chi connectivity index (χ0n) is 24.8. The highest BCUT2D eigenvalue weighted by atomic mass is 16.6. The number of anilines is 1. The molecule has 3 heterocycles. The number of allylic oxidation sites excluding steroid dienone is 4. The van der Waals surface area contributed by atoms with E-state index in [1.807, 2.05) is 42.6 Å². The average Bonchev–Trinajstić information content (AvgIpc) is 3.31. The molecule has 1 aromatic heterocycles. The van der Waals surface area contributed by atoms with Crippen molar-refractivity contribution in [2.45, 2.75) is 46.4 Å². The minimum Gasteiger partial charge on any atom is -0.440 e. The Morgan fingerprint density at radius 3 is 2.48 bits per heavy atom. The molecular formula is C36H38N4O2. The number of carbonyl (C=O) groups is 1. The minimum absolute atomic E-state index is 0.305. The third-order valence-electron chi connectivity index (χ3n) is 8.71. The second-order valence-electron chi connectivity index (χ2n) is 10.7. The summed E-state index contributed by atoms with van der Waals surface area (Å²) in [6.07, 6.45) is 9.89. The van der Waals surface area contributed by atoms with E-state index in [0.29, 0.717) is 12.1 Å². The van der Waals surface area contributed by atoms with Gasteiger partial charge in [0.15, 0.2) is 5.60 Å². The van der Waals surface area contributed by atoms with Gasteiger partial charge in [-0.15, -0.1) is 0 Å². The van der Waals surface area contributed by atoms with Gasteiger partial charge >= 0.3 is 5.97 Å². The number of para-hydroxylation sites is 1. The molecule has 6 heteroatoms. The van der Waals surface area contributed by atoms with Gasteiger partial charge in [-0.25, -0.2) is 4.79 Å². The zero-order chi connectivity index (χ0) is 29.4. The summed E-state index contributed by atoms with van der Waals surface area (Å²) in [5.74, 6) is -0.337. The lowest BCUT2D eigenvalue weighted by Gasteiger charge is -2.35. The normalized spacial score (nSPS) is 17.5. The number of fused-ring (bicyclic) bond motifs is 2. The van der Waals surface area contributed by atoms with Gasteiger partial charge in [0.1, 0.15) is 0 Å². The van der Waals surface area contributed by atoms with E-state index in [0.717, 1.165) is 75.4 Å². The molecule has 0 spiro atoms. The Hall–Kier alpha value is -4.55. The van der Waals surface area contributed by atoms with Crippen LogP contribution in [0.4, 0.5) is 5.69 Å². The number of nitrogens with one attached hydrogen (secondary N) is 1. The Morgan fingerprint density at radius 1 is 0.929 bits per heavy atom. The maximum absolute atomic E-state index is 14.0. The number of benzene rings is 3. The quantitative estimate of drug-likeness (QED) is 0.234. The van der Waals surface area contributed by atoms with Crippen LogP contribution in [0.5, 0.6) is 0 Å². The first-order valence-corrected chi connectivity index (χ1v) is 14.8. The second kappa shape index (κ2) is 11.0. The van der Waals surface area contributed by atoms with Crippen molar-refractivity contribution in [2.75, 3.05) is 18.0 Å². The SMILES string of the molecule is CCN(CC)c1ccc(C2(c3c(C)n(CC)c4ccccc34)OC(=O)c3cccc(C4=CC=CC=CN4)c32)c(CN)c1. The molecule has 0 saturated heterocycles. The molecule has 1 atom stereocenters. The Morgan fingerprint density at radius 2 is 1.71 bits per heavy atom. The molecule has 2 aliphatic heterocycles. The van der Waals surface area contributed by atoms with Crippen molar-refractivity contribution in [3.63, 3.8) is 0 Å². The van der Waals surface area contributed by atoms with E-state index in [4.69, 9.17) is 10.5 Å². The van der Waals surface area contributed by atoms with E-state index in [2.05, 4.69) is 91.0 Å². The fraction of sp³-hybridized carbons (Fsp3) is 0.250. The zero-order valence-corrected chi connectivity index (χ0v) is 24.8. The van der Waals surface area contributed by atoms with E-state index in [9.17, 15) is 4.79 Å². The number of esters is 1. The van der Waals surface area contributed by atoms with Crippen molar-refractivity contribution in [1.82, 2.24) is 9.88 Å². The molecule has 4 aromatic rings. The number of nitrogens with zero attached hydrogens (tertiary/aromatic N) is 2. The number of ether oxygens (including phenoxy) is 1. The summed E-state index contributed by atoms with van der Waals surface area (Å²) < 4.78 is 9.09. The number of aryl methyl sites for hydroxylation is 1. The van der Waals surface area contributed by atoms with Gasteiger partial charge in [-0.2, -0.15) is 0 Å². The number of cyclic esters (lactones) is 1. The molecule has 42 heavy (non-hydrogen) atoms. The molecule has 0 aliphatic carbocycles. The monoisotopic (exact) mass is 558 g/mol. The fourth-order valence-corrected chi connectivity index (χ4v) is 6.86. The van der Waals surface area contributed by atoms with Gasteiger partial charge in [-0.05, 0) is 69.7 Å². The average molecular weight is 559 g/mol. The van der Waals surface area contributed by atoms with Crippen molar-refractivity contribution in [2.24, 2.45) is 5.73 Å². The Kier molecular flexibility index (Phi) is 7.25. The maximum Gasteiger partial charge on any atom is 0.340 e. The van der Waals surface area contributed by atoms with Gasteiger partial charge in [0, 0.05) is 82.6 Å². The standard InChI is InChI=1S/C36H38N4O2/c1-5-39(6-2)26-19-20-30(25(22-26)23-37)36(33-24(4)40(7-3)32-18-11-10-14-28(32)33)34-27(31-17-9-8-12-21-38-31)15-13-16-29(34)35(41)42-36/h8-22,38H,5-7,23,37H2,1-4H3. The van der Waals surface area contributed by atoms with Crippen molar-refractivity contribution in [3.05, 3.63) is 130 Å². The summed E-state index contributed by atoms with van der Waals surface area (Å²) in [5, 5.41) is 4.49. The van der Waals surface area contributed by atoms with Crippen molar-refractivity contribution in [1.29, 1.82) is 0 Å². The lowest BCUT2D eigenvalue weighted by atomic mass is 9.74. The molecule has 6 nitrogen and oxygen atoms in total. The van der Waals surface area contributed by atoms with E-state index < -0.39 is 5.60 Å². The largest absolute Gasteiger partial charge is 0.440 e. The van der Waals surface area contributed by atoms with Crippen LogP contribution < -0.4 is 16.0 Å². The summed E-state index contributed by atoms with van der Waals surface area (Å²) >= 11 is 0. The third-order valence-corrected chi connectivity index (χ3v) is 8.71. The number of carbonyl (C=O) groups excluding carboxylic acids is 1. The highest BCUT2D eigenvalue weighted by Gasteiger charge is 2.53. The van der Waals surface area contributed by atoms with E-state index in [1.165, 1.54) is 0 Å². The van der Waals surface area contributed by atoms with Crippen molar-refractivity contribution < 1.29 is 9.53 Å². The topological polar surface area (TPSA) is 72.5 Å². The summed E-state index contributed by atoms with van der Waals surface area (Å²) in [6, 6.07) is 20.7. The van der Waals surface area contributed by atoms with Crippen LogP contribution in [0.2, 0.25) is 0 Å². The summed E-state index contributed by atoms with van der Waals surface area (Å²) in [7, 11) is 0. The predicted octanol–water partition coefficient (Wildman–Crippen LogP) is 6.75. The first-order valence-electron chi connectivity index (χ1n) is 14.8.